The van der Waals surface area contributed by atoms with Gasteiger partial charge in [0.2, 0.25) is 0 Å². The largest absolute Gasteiger partial charge is 0.325 e. The molecule has 4 nitrogen and oxygen atoms in total. The highest BCUT2D eigenvalue weighted by molar-refractivity contribution is 9.11. The summed E-state index contributed by atoms with van der Waals surface area (Å²) in [5, 5.41) is 7.89. The van der Waals surface area contributed by atoms with Crippen molar-refractivity contribution >= 4 is 27.3 Å². The Morgan fingerprint density at radius 2 is 2.36 bits per heavy atom. The lowest BCUT2D eigenvalue weighted by atomic mass is 10.4. The van der Waals surface area contributed by atoms with E-state index in [1.54, 1.807) is 16.0 Å². The van der Waals surface area contributed by atoms with Crippen LogP contribution in [0.5, 0.6) is 0 Å². The lowest BCUT2D eigenvalue weighted by Gasteiger charge is -1.94. The normalized spacial score (nSPS) is 10.7. The van der Waals surface area contributed by atoms with Gasteiger partial charge in [-0.05, 0) is 28.1 Å². The van der Waals surface area contributed by atoms with E-state index in [9.17, 15) is 0 Å². The number of rotatable bonds is 3. The Hall–Kier alpha value is -0.720. The van der Waals surface area contributed by atoms with Gasteiger partial charge in [0.15, 0.2) is 0 Å². The summed E-state index contributed by atoms with van der Waals surface area (Å²) in [7, 11) is 0. The maximum Gasteiger partial charge on any atom is 0.0962 e. The van der Waals surface area contributed by atoms with Crippen LogP contribution in [0, 0.1) is 0 Å². The van der Waals surface area contributed by atoms with Crippen molar-refractivity contribution in [1.29, 1.82) is 0 Å². The summed E-state index contributed by atoms with van der Waals surface area (Å²) >= 11 is 5.11. The first kappa shape index (κ1) is 9.82. The molecule has 0 amide bonds. The van der Waals surface area contributed by atoms with Gasteiger partial charge < -0.3 is 5.73 Å². The first-order chi connectivity index (χ1) is 6.78. The fourth-order valence-corrected chi connectivity index (χ4v) is 2.58. The van der Waals surface area contributed by atoms with Gasteiger partial charge in [0.05, 0.1) is 22.2 Å². The Bertz CT molecular complexity index is 422. The van der Waals surface area contributed by atoms with Crippen molar-refractivity contribution < 1.29 is 0 Å². The number of hydrogen-bond donors (Lipinski definition) is 1. The van der Waals surface area contributed by atoms with Gasteiger partial charge in [0.25, 0.3) is 0 Å². The van der Waals surface area contributed by atoms with Crippen molar-refractivity contribution in [1.82, 2.24) is 15.0 Å². The van der Waals surface area contributed by atoms with Crippen molar-refractivity contribution in [3.05, 3.63) is 32.7 Å². The summed E-state index contributed by atoms with van der Waals surface area (Å²) in [4.78, 5) is 1.24. The summed E-state index contributed by atoms with van der Waals surface area (Å²) in [6, 6.07) is 4.10. The van der Waals surface area contributed by atoms with E-state index in [2.05, 4.69) is 32.3 Å². The van der Waals surface area contributed by atoms with E-state index < -0.39 is 0 Å². The van der Waals surface area contributed by atoms with Crippen LogP contribution in [0.1, 0.15) is 10.6 Å². The molecule has 0 spiro atoms. The molecule has 0 unspecified atom stereocenters. The van der Waals surface area contributed by atoms with Gasteiger partial charge in [-0.15, -0.1) is 16.4 Å². The SMILES string of the molecule is NCc1cn(Cc2ccc(Br)s2)nn1. The minimum atomic E-state index is 0.439. The van der Waals surface area contributed by atoms with Gasteiger partial charge in [-0.3, -0.25) is 0 Å². The quantitative estimate of drug-likeness (QED) is 0.924. The second-order valence-corrected chi connectivity index (χ2v) is 5.36. The van der Waals surface area contributed by atoms with Crippen LogP contribution in [0.2, 0.25) is 0 Å². The van der Waals surface area contributed by atoms with E-state index in [-0.39, 0.29) is 0 Å². The van der Waals surface area contributed by atoms with Gasteiger partial charge >= 0.3 is 0 Å². The molecule has 2 aromatic heterocycles. The summed E-state index contributed by atoms with van der Waals surface area (Å²) in [5.41, 5.74) is 6.26. The van der Waals surface area contributed by atoms with Crippen molar-refractivity contribution in [2.45, 2.75) is 13.1 Å². The van der Waals surface area contributed by atoms with Gasteiger partial charge in [0, 0.05) is 11.4 Å². The zero-order valence-corrected chi connectivity index (χ0v) is 9.75. The summed E-state index contributed by atoms with van der Waals surface area (Å²) < 4.78 is 2.92. The predicted octanol–water partition coefficient (Wildman–Crippen LogP) is 1.61. The Morgan fingerprint density at radius 3 is 2.93 bits per heavy atom. The summed E-state index contributed by atoms with van der Waals surface area (Å²) in [5.74, 6) is 0. The molecule has 2 aromatic rings. The van der Waals surface area contributed by atoms with Crippen LogP contribution in [0.25, 0.3) is 0 Å². The van der Waals surface area contributed by atoms with Crippen LogP contribution in [0.4, 0.5) is 0 Å². The van der Waals surface area contributed by atoms with Gasteiger partial charge in [-0.2, -0.15) is 0 Å². The molecule has 6 heteroatoms. The molecule has 0 atom stereocenters. The first-order valence-corrected chi connectivity index (χ1v) is 5.72. The van der Waals surface area contributed by atoms with Gasteiger partial charge in [-0.1, -0.05) is 5.21 Å². The summed E-state index contributed by atoms with van der Waals surface area (Å²) in [6.45, 7) is 1.19. The molecule has 0 radical (unpaired) electrons. The molecule has 0 bridgehead atoms. The van der Waals surface area contributed by atoms with E-state index >= 15 is 0 Å². The molecule has 14 heavy (non-hydrogen) atoms. The fourth-order valence-electron chi connectivity index (χ4n) is 1.11. The molecule has 0 saturated carbocycles. The van der Waals surface area contributed by atoms with E-state index in [1.165, 1.54) is 4.88 Å². The number of halogens is 1. The molecule has 2 N–H and O–H groups in total. The van der Waals surface area contributed by atoms with E-state index in [0.29, 0.717) is 6.54 Å². The van der Waals surface area contributed by atoms with E-state index in [1.807, 2.05) is 12.3 Å². The lowest BCUT2D eigenvalue weighted by Crippen LogP contribution is -1.98. The van der Waals surface area contributed by atoms with Crippen molar-refractivity contribution in [2.75, 3.05) is 0 Å². The van der Waals surface area contributed by atoms with Crippen molar-refractivity contribution in [3.8, 4) is 0 Å². The number of hydrogen-bond acceptors (Lipinski definition) is 4. The van der Waals surface area contributed by atoms with Gasteiger partial charge in [0.1, 0.15) is 0 Å². The Kier molecular flexibility index (Phi) is 2.95. The second kappa shape index (κ2) is 4.20. The lowest BCUT2D eigenvalue weighted by molar-refractivity contribution is 0.655. The molecule has 0 fully saturated rings. The average molecular weight is 273 g/mol. The van der Waals surface area contributed by atoms with E-state index in [4.69, 9.17) is 5.73 Å². The molecule has 0 aromatic carbocycles. The standard InChI is InChI=1S/C8H9BrN4S/c9-8-2-1-7(14-8)5-13-4-6(3-10)11-12-13/h1-2,4H,3,5,10H2. The topological polar surface area (TPSA) is 56.7 Å². The highest BCUT2D eigenvalue weighted by Gasteiger charge is 2.01. The van der Waals surface area contributed by atoms with Crippen LogP contribution in [0.15, 0.2) is 22.1 Å². The predicted molar refractivity (Wildman–Crippen MR) is 59.0 cm³/mol. The molecule has 0 saturated heterocycles. The minimum Gasteiger partial charge on any atom is -0.325 e. The van der Waals surface area contributed by atoms with Crippen molar-refractivity contribution in [2.24, 2.45) is 5.73 Å². The zero-order valence-electron chi connectivity index (χ0n) is 7.35. The summed E-state index contributed by atoms with van der Waals surface area (Å²) in [6.07, 6.45) is 1.87. The third kappa shape index (κ3) is 2.20. The maximum absolute atomic E-state index is 5.44. The highest BCUT2D eigenvalue weighted by Crippen LogP contribution is 2.22. The van der Waals surface area contributed by atoms with Crippen LogP contribution in [-0.4, -0.2) is 15.0 Å². The molecule has 0 aliphatic heterocycles. The Labute approximate surface area is 93.9 Å². The minimum absolute atomic E-state index is 0.439. The van der Waals surface area contributed by atoms with E-state index in [0.717, 1.165) is 16.0 Å². The zero-order chi connectivity index (χ0) is 9.97. The van der Waals surface area contributed by atoms with Crippen LogP contribution >= 0.6 is 27.3 Å². The van der Waals surface area contributed by atoms with Gasteiger partial charge in [-0.25, -0.2) is 4.68 Å². The van der Waals surface area contributed by atoms with Crippen LogP contribution in [-0.2, 0) is 13.1 Å². The molecule has 74 valence electrons. The maximum atomic E-state index is 5.44. The Balaban J connectivity index is 2.10. The Morgan fingerprint density at radius 1 is 1.50 bits per heavy atom. The second-order valence-electron chi connectivity index (χ2n) is 2.82. The third-order valence-electron chi connectivity index (χ3n) is 1.74. The smallest absolute Gasteiger partial charge is 0.0962 e. The first-order valence-electron chi connectivity index (χ1n) is 4.11. The molecule has 2 heterocycles. The van der Waals surface area contributed by atoms with Crippen LogP contribution in [0.3, 0.4) is 0 Å². The molecule has 0 aliphatic rings. The monoisotopic (exact) mass is 272 g/mol. The van der Waals surface area contributed by atoms with Crippen LogP contribution < -0.4 is 5.73 Å². The average Bonchev–Trinajstić information content (AvgIpc) is 2.76. The molecular formula is C8H9BrN4S. The van der Waals surface area contributed by atoms with Crippen molar-refractivity contribution in [3.63, 3.8) is 0 Å². The molecular weight excluding hydrogens is 264 g/mol. The number of nitrogens with two attached hydrogens (primary N) is 1. The number of aromatic nitrogens is 3. The number of thiophene rings is 1. The molecule has 0 aliphatic carbocycles. The highest BCUT2D eigenvalue weighted by atomic mass is 79.9. The molecule has 2 rings (SSSR count). The number of nitrogens with zero attached hydrogens (tertiary/aromatic N) is 3. The fraction of sp³-hybridized carbons (Fsp3) is 0.250. The third-order valence-corrected chi connectivity index (χ3v) is 3.35.